The molecular formula is C18H25F2N3O3. The van der Waals surface area contributed by atoms with E-state index in [1.165, 1.54) is 6.07 Å². The van der Waals surface area contributed by atoms with Crippen LogP contribution in [0.2, 0.25) is 0 Å². The van der Waals surface area contributed by atoms with Crippen molar-refractivity contribution in [3.63, 3.8) is 0 Å². The molecule has 6 nitrogen and oxygen atoms in total. The van der Waals surface area contributed by atoms with Crippen LogP contribution in [0.15, 0.2) is 24.3 Å². The van der Waals surface area contributed by atoms with E-state index in [0.29, 0.717) is 31.7 Å². The third-order valence-electron chi connectivity index (χ3n) is 4.94. The summed E-state index contributed by atoms with van der Waals surface area (Å²) in [5.41, 5.74) is 0.559. The number of para-hydroxylation sites is 1. The van der Waals surface area contributed by atoms with Gasteiger partial charge in [-0.25, -0.2) is 4.79 Å². The molecule has 0 radical (unpaired) electrons. The largest absolute Gasteiger partial charge is 0.434 e. The Morgan fingerprint density at radius 2 is 2.15 bits per heavy atom. The topological polar surface area (TPSA) is 54.0 Å². The molecule has 2 amide bonds. The maximum Gasteiger partial charge on any atom is 0.387 e. The summed E-state index contributed by atoms with van der Waals surface area (Å²) in [6.45, 7) is 3.35. The van der Waals surface area contributed by atoms with Crippen molar-refractivity contribution in [2.75, 3.05) is 39.4 Å². The highest BCUT2D eigenvalue weighted by Crippen LogP contribution is 2.28. The van der Waals surface area contributed by atoms with Crippen molar-refractivity contribution >= 4 is 6.03 Å². The predicted octanol–water partition coefficient (Wildman–Crippen LogP) is 2.47. The number of carbonyl (C=O) groups is 1. The monoisotopic (exact) mass is 369 g/mol. The zero-order chi connectivity index (χ0) is 18.5. The number of hydrogen-bond donors (Lipinski definition) is 1. The number of carbonyl (C=O) groups excluding carboxylic acids is 1. The summed E-state index contributed by atoms with van der Waals surface area (Å²) in [5.74, 6) is 0.0974. The lowest BCUT2D eigenvalue weighted by molar-refractivity contribution is -0.0507. The smallest absolute Gasteiger partial charge is 0.387 e. The molecule has 2 fully saturated rings. The van der Waals surface area contributed by atoms with Crippen LogP contribution >= 0.6 is 0 Å². The minimum Gasteiger partial charge on any atom is -0.434 e. The first kappa shape index (κ1) is 18.8. The number of rotatable bonds is 5. The van der Waals surface area contributed by atoms with Crippen molar-refractivity contribution in [3.05, 3.63) is 29.8 Å². The number of fused-ring (bicyclic) bond motifs is 1. The SMILES string of the molecule is CCC(NC(=O)N1CCN2CCOCC2C1)c1ccccc1OC(F)F. The molecule has 2 atom stereocenters. The number of hydrogen-bond acceptors (Lipinski definition) is 4. The minimum atomic E-state index is -2.90. The molecule has 0 spiro atoms. The van der Waals surface area contributed by atoms with Gasteiger partial charge in [-0.2, -0.15) is 8.78 Å². The second-order valence-electron chi connectivity index (χ2n) is 6.54. The van der Waals surface area contributed by atoms with Crippen LogP contribution < -0.4 is 10.1 Å². The zero-order valence-corrected chi connectivity index (χ0v) is 14.9. The lowest BCUT2D eigenvalue weighted by Crippen LogP contribution is -2.60. The van der Waals surface area contributed by atoms with Crippen LogP contribution in [0.4, 0.5) is 13.6 Å². The molecule has 0 aromatic heterocycles. The summed E-state index contributed by atoms with van der Waals surface area (Å²) in [5, 5.41) is 2.96. The number of halogens is 2. The van der Waals surface area contributed by atoms with E-state index in [9.17, 15) is 13.6 Å². The van der Waals surface area contributed by atoms with Gasteiger partial charge >= 0.3 is 12.6 Å². The zero-order valence-electron chi connectivity index (χ0n) is 14.9. The molecule has 2 unspecified atom stereocenters. The number of ether oxygens (including phenoxy) is 2. The van der Waals surface area contributed by atoms with Crippen LogP contribution in [0.25, 0.3) is 0 Å². The second-order valence-corrected chi connectivity index (χ2v) is 6.54. The fourth-order valence-electron chi connectivity index (χ4n) is 3.54. The summed E-state index contributed by atoms with van der Waals surface area (Å²) in [6, 6.07) is 6.23. The highest BCUT2D eigenvalue weighted by atomic mass is 19.3. The van der Waals surface area contributed by atoms with E-state index in [-0.39, 0.29) is 17.8 Å². The van der Waals surface area contributed by atoms with Gasteiger partial charge in [-0.1, -0.05) is 25.1 Å². The summed E-state index contributed by atoms with van der Waals surface area (Å²) in [7, 11) is 0. The van der Waals surface area contributed by atoms with E-state index in [1.807, 2.05) is 6.92 Å². The van der Waals surface area contributed by atoms with Gasteiger partial charge < -0.3 is 19.7 Å². The Kier molecular flexibility index (Phi) is 6.26. The summed E-state index contributed by atoms with van der Waals surface area (Å²) >= 11 is 0. The summed E-state index contributed by atoms with van der Waals surface area (Å²) < 4.78 is 35.4. The number of alkyl halides is 2. The lowest BCUT2D eigenvalue weighted by Gasteiger charge is -2.43. The molecular weight excluding hydrogens is 344 g/mol. The molecule has 144 valence electrons. The molecule has 1 aromatic rings. The fourth-order valence-corrected chi connectivity index (χ4v) is 3.54. The molecule has 2 heterocycles. The highest BCUT2D eigenvalue weighted by molar-refractivity contribution is 5.75. The maximum atomic E-state index is 12.7. The van der Waals surface area contributed by atoms with E-state index in [0.717, 1.165) is 19.7 Å². The van der Waals surface area contributed by atoms with Gasteiger partial charge in [0.2, 0.25) is 0 Å². The quantitative estimate of drug-likeness (QED) is 0.866. The van der Waals surface area contributed by atoms with Gasteiger partial charge in [-0.05, 0) is 12.5 Å². The first-order valence-electron chi connectivity index (χ1n) is 8.99. The van der Waals surface area contributed by atoms with Crippen molar-refractivity contribution in [2.45, 2.75) is 32.0 Å². The minimum absolute atomic E-state index is 0.0974. The Bertz CT molecular complexity index is 617. The van der Waals surface area contributed by atoms with Gasteiger partial charge in [-0.3, -0.25) is 4.90 Å². The molecule has 26 heavy (non-hydrogen) atoms. The van der Waals surface area contributed by atoms with Crippen LogP contribution in [-0.4, -0.2) is 67.9 Å². The van der Waals surface area contributed by atoms with Gasteiger partial charge in [0.05, 0.1) is 25.3 Å². The van der Waals surface area contributed by atoms with Crippen LogP contribution in [0, 0.1) is 0 Å². The lowest BCUT2D eigenvalue weighted by atomic mass is 10.0. The van der Waals surface area contributed by atoms with Crippen molar-refractivity contribution in [1.29, 1.82) is 0 Å². The summed E-state index contributed by atoms with van der Waals surface area (Å²) in [6.07, 6.45) is 0.571. The molecule has 2 aliphatic rings. The number of piperazine rings is 1. The first-order valence-corrected chi connectivity index (χ1v) is 8.99. The van der Waals surface area contributed by atoms with Crippen LogP contribution in [-0.2, 0) is 4.74 Å². The van der Waals surface area contributed by atoms with Gasteiger partial charge in [0, 0.05) is 31.7 Å². The second kappa shape index (κ2) is 8.64. The molecule has 8 heteroatoms. The Balaban J connectivity index is 1.65. The van der Waals surface area contributed by atoms with E-state index in [4.69, 9.17) is 4.74 Å². The maximum absolute atomic E-state index is 12.7. The number of nitrogens with zero attached hydrogens (tertiary/aromatic N) is 2. The Morgan fingerprint density at radius 3 is 2.92 bits per heavy atom. The fraction of sp³-hybridized carbons (Fsp3) is 0.611. The van der Waals surface area contributed by atoms with E-state index >= 15 is 0 Å². The van der Waals surface area contributed by atoms with E-state index in [2.05, 4.69) is 15.0 Å². The van der Waals surface area contributed by atoms with Gasteiger partial charge in [0.25, 0.3) is 0 Å². The third kappa shape index (κ3) is 4.42. The molecule has 1 N–H and O–H groups in total. The molecule has 1 aromatic carbocycles. The average Bonchev–Trinajstić information content (AvgIpc) is 2.65. The molecule has 0 aliphatic carbocycles. The number of nitrogens with one attached hydrogen (secondary N) is 1. The summed E-state index contributed by atoms with van der Waals surface area (Å²) in [4.78, 5) is 16.8. The van der Waals surface area contributed by atoms with E-state index < -0.39 is 12.7 Å². The number of amides is 2. The highest BCUT2D eigenvalue weighted by Gasteiger charge is 2.32. The Labute approximate surface area is 152 Å². The van der Waals surface area contributed by atoms with Gasteiger partial charge in [0.15, 0.2) is 0 Å². The molecule has 3 rings (SSSR count). The molecule has 2 aliphatic heterocycles. The molecule has 0 bridgehead atoms. The third-order valence-corrected chi connectivity index (χ3v) is 4.94. The van der Waals surface area contributed by atoms with Crippen molar-refractivity contribution in [1.82, 2.24) is 15.1 Å². The van der Waals surface area contributed by atoms with Gasteiger partial charge in [-0.15, -0.1) is 0 Å². The first-order chi connectivity index (χ1) is 12.6. The predicted molar refractivity (Wildman–Crippen MR) is 92.4 cm³/mol. The van der Waals surface area contributed by atoms with Gasteiger partial charge in [0.1, 0.15) is 5.75 Å². The normalized spacial score (nSPS) is 22.0. The van der Waals surface area contributed by atoms with Crippen LogP contribution in [0.3, 0.4) is 0 Å². The van der Waals surface area contributed by atoms with Crippen LogP contribution in [0.1, 0.15) is 24.9 Å². The van der Waals surface area contributed by atoms with Crippen molar-refractivity contribution < 1.29 is 23.0 Å². The number of urea groups is 1. The Morgan fingerprint density at radius 1 is 1.35 bits per heavy atom. The average molecular weight is 369 g/mol. The number of morpholine rings is 1. The van der Waals surface area contributed by atoms with Crippen molar-refractivity contribution in [2.24, 2.45) is 0 Å². The standard InChI is InChI=1S/C18H25F2N3O3/c1-2-15(14-5-3-4-6-16(14)26-17(19)20)21-18(24)23-8-7-22-9-10-25-12-13(22)11-23/h3-6,13,15,17H,2,7-12H2,1H3,(H,21,24). The van der Waals surface area contributed by atoms with E-state index in [1.54, 1.807) is 23.1 Å². The molecule has 2 saturated heterocycles. The number of benzene rings is 1. The van der Waals surface area contributed by atoms with Crippen LogP contribution in [0.5, 0.6) is 5.75 Å². The molecule has 0 saturated carbocycles. The van der Waals surface area contributed by atoms with Crippen molar-refractivity contribution in [3.8, 4) is 5.75 Å². The Hall–Kier alpha value is -1.93.